The van der Waals surface area contributed by atoms with Crippen molar-refractivity contribution in [3.63, 3.8) is 0 Å². The Kier molecular flexibility index (Phi) is 4.76. The first-order valence-electron chi connectivity index (χ1n) is 9.90. The number of nitrogens with two attached hydrogens (primary N) is 1. The summed E-state index contributed by atoms with van der Waals surface area (Å²) in [7, 11) is 0. The minimum Gasteiger partial charge on any atom is -0.478 e. The van der Waals surface area contributed by atoms with E-state index in [2.05, 4.69) is 15.2 Å². The Balaban J connectivity index is 1.58. The molecular weight excluding hydrogens is 404 g/mol. The first kappa shape index (κ1) is 19.3. The smallest absolute Gasteiger partial charge is 0.336 e. The third-order valence-corrected chi connectivity index (χ3v) is 5.18. The number of pyridine rings is 1. The quantitative estimate of drug-likeness (QED) is 0.351. The number of hydrogen-bond acceptors (Lipinski definition) is 5. The number of benzene rings is 3. The van der Waals surface area contributed by atoms with Crippen molar-refractivity contribution in [3.05, 3.63) is 90.6 Å². The second-order valence-electron chi connectivity index (χ2n) is 7.17. The standard InChI is InChI=1S/C25H18N4O3/c26-24-21-20(15-10-12-17(13-11-15)32-16-6-2-1-3-7-16)14-27-22(23(21)28-29-24)18-8-4-5-9-19(18)25(30)31/h1-14H,(H,30,31)(H3,26,28,29). The van der Waals surface area contributed by atoms with Gasteiger partial charge in [-0.15, -0.1) is 0 Å². The number of rotatable bonds is 5. The van der Waals surface area contributed by atoms with E-state index in [1.165, 1.54) is 0 Å². The molecule has 0 amide bonds. The van der Waals surface area contributed by atoms with Gasteiger partial charge in [0.25, 0.3) is 0 Å². The molecule has 0 fully saturated rings. The molecule has 5 aromatic rings. The number of H-pyrrole nitrogens is 1. The van der Waals surface area contributed by atoms with Crippen molar-refractivity contribution >= 4 is 22.7 Å². The molecule has 0 atom stereocenters. The van der Waals surface area contributed by atoms with E-state index in [0.29, 0.717) is 33.7 Å². The van der Waals surface area contributed by atoms with E-state index in [1.807, 2.05) is 54.6 Å². The Bertz CT molecular complexity index is 1430. The normalized spacial score (nSPS) is 10.9. The summed E-state index contributed by atoms with van der Waals surface area (Å²) >= 11 is 0. The molecule has 0 unspecified atom stereocenters. The van der Waals surface area contributed by atoms with Crippen molar-refractivity contribution in [1.82, 2.24) is 15.2 Å². The first-order valence-corrected chi connectivity index (χ1v) is 9.90. The molecule has 0 spiro atoms. The lowest BCUT2D eigenvalue weighted by Crippen LogP contribution is -2.01. The highest BCUT2D eigenvalue weighted by atomic mass is 16.5. The number of aromatic carboxylic acids is 1. The van der Waals surface area contributed by atoms with E-state index in [9.17, 15) is 9.90 Å². The van der Waals surface area contributed by atoms with Gasteiger partial charge >= 0.3 is 5.97 Å². The molecule has 5 rings (SSSR count). The monoisotopic (exact) mass is 422 g/mol. The summed E-state index contributed by atoms with van der Waals surface area (Å²) in [6.45, 7) is 0. The number of aromatic nitrogens is 3. The summed E-state index contributed by atoms with van der Waals surface area (Å²) in [5.74, 6) is 0.748. The Morgan fingerprint density at radius 3 is 2.31 bits per heavy atom. The van der Waals surface area contributed by atoms with Gasteiger partial charge in [0.2, 0.25) is 0 Å². The first-order chi connectivity index (χ1) is 15.6. The van der Waals surface area contributed by atoms with Gasteiger partial charge in [0.1, 0.15) is 11.5 Å². The Morgan fingerprint density at radius 2 is 1.56 bits per heavy atom. The molecule has 0 radical (unpaired) electrons. The number of carboxylic acids is 1. The number of hydrogen-bond donors (Lipinski definition) is 3. The van der Waals surface area contributed by atoms with Crippen LogP contribution in [0.15, 0.2) is 85.1 Å². The van der Waals surface area contributed by atoms with E-state index < -0.39 is 5.97 Å². The second-order valence-corrected chi connectivity index (χ2v) is 7.17. The summed E-state index contributed by atoms with van der Waals surface area (Å²) < 4.78 is 5.86. The number of para-hydroxylation sites is 1. The number of carboxylic acid groups (broad SMARTS) is 1. The van der Waals surface area contributed by atoms with Crippen LogP contribution in [0, 0.1) is 0 Å². The van der Waals surface area contributed by atoms with Gasteiger partial charge in [-0.05, 0) is 35.9 Å². The van der Waals surface area contributed by atoms with Crippen molar-refractivity contribution in [2.24, 2.45) is 0 Å². The van der Waals surface area contributed by atoms with Crippen molar-refractivity contribution in [2.45, 2.75) is 0 Å². The van der Waals surface area contributed by atoms with Crippen molar-refractivity contribution in [2.75, 3.05) is 5.73 Å². The predicted molar refractivity (Wildman–Crippen MR) is 123 cm³/mol. The third-order valence-electron chi connectivity index (χ3n) is 5.18. The molecule has 0 aliphatic heterocycles. The number of carbonyl (C=O) groups is 1. The van der Waals surface area contributed by atoms with Crippen LogP contribution in [0.2, 0.25) is 0 Å². The number of anilines is 1. The molecule has 4 N–H and O–H groups in total. The highest BCUT2D eigenvalue weighted by molar-refractivity contribution is 6.08. The molecule has 3 aromatic carbocycles. The van der Waals surface area contributed by atoms with Crippen LogP contribution < -0.4 is 10.5 Å². The zero-order valence-electron chi connectivity index (χ0n) is 16.8. The van der Waals surface area contributed by atoms with Crippen LogP contribution in [0.5, 0.6) is 11.5 Å². The van der Waals surface area contributed by atoms with Gasteiger partial charge in [-0.25, -0.2) is 4.79 Å². The van der Waals surface area contributed by atoms with Crippen LogP contribution in [-0.2, 0) is 0 Å². The fraction of sp³-hybridized carbons (Fsp3) is 0. The van der Waals surface area contributed by atoms with Crippen LogP contribution in [0.25, 0.3) is 33.3 Å². The zero-order chi connectivity index (χ0) is 22.1. The largest absolute Gasteiger partial charge is 0.478 e. The summed E-state index contributed by atoms with van der Waals surface area (Å²) in [5.41, 5.74) is 9.56. The van der Waals surface area contributed by atoms with Crippen molar-refractivity contribution in [3.8, 4) is 33.9 Å². The number of fused-ring (bicyclic) bond motifs is 1. The van der Waals surface area contributed by atoms with Crippen LogP contribution in [0.4, 0.5) is 5.82 Å². The van der Waals surface area contributed by atoms with Crippen LogP contribution in [-0.4, -0.2) is 26.3 Å². The predicted octanol–water partition coefficient (Wildman–Crippen LogP) is 5.36. The molecule has 2 aromatic heterocycles. The Labute approximate surface area is 183 Å². The number of nitrogens with zero attached hydrogens (tertiary/aromatic N) is 2. The van der Waals surface area contributed by atoms with E-state index in [4.69, 9.17) is 10.5 Å². The zero-order valence-corrected chi connectivity index (χ0v) is 16.8. The topological polar surface area (TPSA) is 114 Å². The number of nitrogen functional groups attached to an aromatic ring is 1. The number of aromatic amines is 1. The Morgan fingerprint density at radius 1 is 0.875 bits per heavy atom. The van der Waals surface area contributed by atoms with Gasteiger partial charge in [-0.2, -0.15) is 5.10 Å². The van der Waals surface area contributed by atoms with Gasteiger partial charge in [0.15, 0.2) is 5.82 Å². The minimum atomic E-state index is -1.03. The molecule has 0 saturated carbocycles. The average molecular weight is 422 g/mol. The van der Waals surface area contributed by atoms with Crippen LogP contribution in [0.3, 0.4) is 0 Å². The molecular formula is C25H18N4O3. The lowest BCUT2D eigenvalue weighted by Gasteiger charge is -2.11. The summed E-state index contributed by atoms with van der Waals surface area (Å²) in [6, 6.07) is 23.9. The lowest BCUT2D eigenvalue weighted by atomic mass is 9.98. The Hall–Kier alpha value is -4.65. The van der Waals surface area contributed by atoms with E-state index in [0.717, 1.165) is 16.9 Å². The highest BCUT2D eigenvalue weighted by Crippen LogP contribution is 2.37. The van der Waals surface area contributed by atoms with Gasteiger partial charge in [-0.1, -0.05) is 48.5 Å². The third kappa shape index (κ3) is 3.41. The van der Waals surface area contributed by atoms with Gasteiger partial charge in [0, 0.05) is 17.3 Å². The average Bonchev–Trinajstić information content (AvgIpc) is 3.21. The molecule has 0 aliphatic carbocycles. The maximum absolute atomic E-state index is 11.7. The van der Waals surface area contributed by atoms with Gasteiger partial charge < -0.3 is 15.6 Å². The van der Waals surface area contributed by atoms with Crippen LogP contribution >= 0.6 is 0 Å². The molecule has 0 bridgehead atoms. The molecule has 0 aliphatic rings. The summed E-state index contributed by atoms with van der Waals surface area (Å²) in [4.78, 5) is 16.3. The second kappa shape index (κ2) is 7.88. The number of nitrogens with one attached hydrogen (secondary N) is 1. The number of ether oxygens (including phenoxy) is 1. The SMILES string of the molecule is Nc1n[nH]c2c(-c3ccccc3C(=O)O)ncc(-c3ccc(Oc4ccccc4)cc3)c12. The fourth-order valence-corrected chi connectivity index (χ4v) is 3.68. The van der Waals surface area contributed by atoms with Crippen molar-refractivity contribution in [1.29, 1.82) is 0 Å². The minimum absolute atomic E-state index is 0.157. The van der Waals surface area contributed by atoms with Crippen LogP contribution in [0.1, 0.15) is 10.4 Å². The van der Waals surface area contributed by atoms with Gasteiger partial charge in [-0.3, -0.25) is 10.1 Å². The highest BCUT2D eigenvalue weighted by Gasteiger charge is 2.19. The van der Waals surface area contributed by atoms with E-state index >= 15 is 0 Å². The van der Waals surface area contributed by atoms with Gasteiger partial charge in [0.05, 0.1) is 22.2 Å². The molecule has 7 nitrogen and oxygen atoms in total. The lowest BCUT2D eigenvalue weighted by molar-refractivity contribution is 0.0697. The molecule has 156 valence electrons. The summed E-state index contributed by atoms with van der Waals surface area (Å²) in [5, 5.41) is 17.3. The maximum Gasteiger partial charge on any atom is 0.336 e. The molecule has 2 heterocycles. The fourth-order valence-electron chi connectivity index (χ4n) is 3.68. The van der Waals surface area contributed by atoms with E-state index in [-0.39, 0.29) is 5.56 Å². The maximum atomic E-state index is 11.7. The van der Waals surface area contributed by atoms with E-state index in [1.54, 1.807) is 30.5 Å². The molecule has 32 heavy (non-hydrogen) atoms. The van der Waals surface area contributed by atoms with Crippen molar-refractivity contribution < 1.29 is 14.6 Å². The molecule has 0 saturated heterocycles. The molecule has 7 heteroatoms. The summed E-state index contributed by atoms with van der Waals surface area (Å²) in [6.07, 6.45) is 1.69.